The summed E-state index contributed by atoms with van der Waals surface area (Å²) >= 11 is 6.23. The van der Waals surface area contributed by atoms with Crippen LogP contribution >= 0.6 is 11.6 Å². The fourth-order valence-electron chi connectivity index (χ4n) is 3.02. The average molecular weight is 416 g/mol. The Bertz CT molecular complexity index is 1000. The molecule has 1 N–H and O–H groups in total. The van der Waals surface area contributed by atoms with Crippen molar-refractivity contribution in [2.24, 2.45) is 0 Å². The van der Waals surface area contributed by atoms with Gasteiger partial charge in [0, 0.05) is 16.7 Å². The highest BCUT2D eigenvalue weighted by atomic mass is 35.5. The Morgan fingerprint density at radius 2 is 1.76 bits per heavy atom. The van der Waals surface area contributed by atoms with Gasteiger partial charge >= 0.3 is 0 Å². The minimum absolute atomic E-state index is 0.0980. The third-order valence-corrected chi connectivity index (χ3v) is 4.77. The van der Waals surface area contributed by atoms with E-state index < -0.39 is 0 Å². The monoisotopic (exact) mass is 415 g/mol. The normalized spacial score (nSPS) is 10.5. The van der Waals surface area contributed by atoms with Gasteiger partial charge in [0.15, 0.2) is 11.5 Å². The number of halogens is 1. The highest BCUT2D eigenvalue weighted by Crippen LogP contribution is 2.39. The predicted molar refractivity (Wildman–Crippen MR) is 111 cm³/mol. The summed E-state index contributed by atoms with van der Waals surface area (Å²) in [6, 6.07) is 12.8. The first-order chi connectivity index (χ1) is 14.1. The first-order valence-corrected chi connectivity index (χ1v) is 9.28. The number of carbonyl (C=O) groups is 1. The van der Waals surface area contributed by atoms with Crippen molar-refractivity contribution in [3.8, 4) is 17.2 Å². The summed E-state index contributed by atoms with van der Waals surface area (Å²) in [5, 5.41) is 7.81. The van der Waals surface area contributed by atoms with Gasteiger partial charge in [0.1, 0.15) is 5.82 Å². The number of ether oxygens (including phenoxy) is 3. The molecule has 8 heteroatoms. The van der Waals surface area contributed by atoms with E-state index in [1.807, 2.05) is 24.3 Å². The maximum absolute atomic E-state index is 12.7. The van der Waals surface area contributed by atoms with E-state index in [9.17, 15) is 4.79 Å². The van der Waals surface area contributed by atoms with Crippen LogP contribution in [0.4, 0.5) is 5.82 Å². The molecule has 2 aromatic carbocycles. The number of methoxy groups -OCH3 is 3. The van der Waals surface area contributed by atoms with Crippen LogP contribution in [0.15, 0.2) is 48.7 Å². The van der Waals surface area contributed by atoms with Crippen LogP contribution in [0.25, 0.3) is 0 Å². The maximum atomic E-state index is 12.7. The summed E-state index contributed by atoms with van der Waals surface area (Å²) < 4.78 is 17.8. The molecule has 0 spiro atoms. The van der Waals surface area contributed by atoms with Crippen molar-refractivity contribution in [1.29, 1.82) is 0 Å². The van der Waals surface area contributed by atoms with E-state index in [2.05, 4.69) is 10.4 Å². The summed E-state index contributed by atoms with van der Waals surface area (Å²) in [5.41, 5.74) is 1.59. The second kappa shape index (κ2) is 9.34. The zero-order chi connectivity index (χ0) is 20.8. The Hall–Kier alpha value is -3.19. The lowest BCUT2D eigenvalue weighted by Gasteiger charge is -2.16. The number of nitrogens with one attached hydrogen (secondary N) is 1. The zero-order valence-corrected chi connectivity index (χ0v) is 17.2. The van der Waals surface area contributed by atoms with E-state index in [1.54, 1.807) is 36.2 Å². The van der Waals surface area contributed by atoms with Crippen molar-refractivity contribution in [2.75, 3.05) is 26.6 Å². The first kappa shape index (κ1) is 20.5. The highest BCUT2D eigenvalue weighted by molar-refractivity contribution is 6.31. The smallest absolute Gasteiger partial charge is 0.230 e. The largest absolute Gasteiger partial charge is 0.493 e. The Morgan fingerprint density at radius 1 is 1.00 bits per heavy atom. The van der Waals surface area contributed by atoms with Crippen LogP contribution in [0.3, 0.4) is 0 Å². The van der Waals surface area contributed by atoms with Crippen molar-refractivity contribution in [1.82, 2.24) is 9.78 Å². The van der Waals surface area contributed by atoms with Crippen molar-refractivity contribution < 1.29 is 19.0 Å². The topological polar surface area (TPSA) is 74.6 Å². The minimum atomic E-state index is -0.212. The molecule has 29 heavy (non-hydrogen) atoms. The third-order valence-electron chi connectivity index (χ3n) is 4.40. The van der Waals surface area contributed by atoms with E-state index in [0.29, 0.717) is 40.2 Å². The van der Waals surface area contributed by atoms with Crippen molar-refractivity contribution >= 4 is 23.3 Å². The van der Waals surface area contributed by atoms with Crippen LogP contribution in [-0.2, 0) is 17.8 Å². The molecule has 0 unspecified atom stereocenters. The third kappa shape index (κ3) is 4.63. The first-order valence-electron chi connectivity index (χ1n) is 8.90. The molecule has 0 aliphatic carbocycles. The van der Waals surface area contributed by atoms with Gasteiger partial charge in [-0.25, -0.2) is 4.68 Å². The fraction of sp³-hybridized carbons (Fsp3) is 0.238. The molecule has 0 fully saturated rings. The van der Waals surface area contributed by atoms with Gasteiger partial charge in [0.05, 0.1) is 40.5 Å². The van der Waals surface area contributed by atoms with Crippen LogP contribution in [0.5, 0.6) is 17.2 Å². The number of rotatable bonds is 8. The SMILES string of the molecule is COc1ccc(CC(=O)Nc2ccnn2Cc2ccccc2Cl)c(OC)c1OC. The van der Waals surface area contributed by atoms with Crippen molar-refractivity contribution in [3.63, 3.8) is 0 Å². The summed E-state index contributed by atoms with van der Waals surface area (Å²) in [5.74, 6) is 1.81. The molecule has 1 aromatic heterocycles. The Kier molecular flexibility index (Phi) is 6.61. The van der Waals surface area contributed by atoms with Gasteiger partial charge < -0.3 is 19.5 Å². The number of anilines is 1. The van der Waals surface area contributed by atoms with Gasteiger partial charge in [0.25, 0.3) is 0 Å². The molecule has 0 atom stereocenters. The molecule has 0 radical (unpaired) electrons. The molecular weight excluding hydrogens is 394 g/mol. The second-order valence-electron chi connectivity index (χ2n) is 6.18. The number of hydrogen-bond acceptors (Lipinski definition) is 5. The molecule has 3 aromatic rings. The number of benzene rings is 2. The Morgan fingerprint density at radius 3 is 2.45 bits per heavy atom. The van der Waals surface area contributed by atoms with Crippen molar-refractivity contribution in [2.45, 2.75) is 13.0 Å². The lowest BCUT2D eigenvalue weighted by molar-refractivity contribution is -0.115. The molecule has 152 valence electrons. The van der Waals surface area contributed by atoms with Gasteiger partial charge in [0.2, 0.25) is 11.7 Å². The second-order valence-corrected chi connectivity index (χ2v) is 6.59. The van der Waals surface area contributed by atoms with Gasteiger partial charge in [-0.1, -0.05) is 35.9 Å². The number of aromatic nitrogens is 2. The molecular formula is C21H22ClN3O4. The quantitative estimate of drug-likeness (QED) is 0.605. The number of hydrogen-bond donors (Lipinski definition) is 1. The van der Waals surface area contributed by atoms with Crippen LogP contribution in [0.1, 0.15) is 11.1 Å². The van der Waals surface area contributed by atoms with E-state index in [0.717, 1.165) is 5.56 Å². The van der Waals surface area contributed by atoms with E-state index in [-0.39, 0.29) is 12.3 Å². The number of amides is 1. The van der Waals surface area contributed by atoms with E-state index in [1.165, 1.54) is 14.2 Å². The molecule has 7 nitrogen and oxygen atoms in total. The lowest BCUT2D eigenvalue weighted by Crippen LogP contribution is -2.18. The highest BCUT2D eigenvalue weighted by Gasteiger charge is 2.18. The summed E-state index contributed by atoms with van der Waals surface area (Å²) in [7, 11) is 4.60. The van der Waals surface area contributed by atoms with Crippen LogP contribution in [-0.4, -0.2) is 37.0 Å². The molecule has 1 heterocycles. The molecule has 1 amide bonds. The van der Waals surface area contributed by atoms with Crippen LogP contribution in [0, 0.1) is 0 Å². The Balaban J connectivity index is 1.76. The molecule has 0 bridgehead atoms. The fourth-order valence-corrected chi connectivity index (χ4v) is 3.21. The van der Waals surface area contributed by atoms with Crippen LogP contribution < -0.4 is 19.5 Å². The van der Waals surface area contributed by atoms with Gasteiger partial charge in [-0.15, -0.1) is 0 Å². The number of carbonyl (C=O) groups excluding carboxylic acids is 1. The minimum Gasteiger partial charge on any atom is -0.493 e. The average Bonchev–Trinajstić information content (AvgIpc) is 3.15. The molecule has 0 aliphatic heterocycles. The van der Waals surface area contributed by atoms with Gasteiger partial charge in [-0.2, -0.15) is 5.10 Å². The molecule has 3 rings (SSSR count). The van der Waals surface area contributed by atoms with Crippen LogP contribution in [0.2, 0.25) is 5.02 Å². The van der Waals surface area contributed by atoms with E-state index in [4.69, 9.17) is 25.8 Å². The zero-order valence-electron chi connectivity index (χ0n) is 16.4. The molecule has 0 saturated carbocycles. The lowest BCUT2D eigenvalue weighted by atomic mass is 10.1. The molecule has 0 aliphatic rings. The summed E-state index contributed by atoms with van der Waals surface area (Å²) in [6.45, 7) is 0.446. The van der Waals surface area contributed by atoms with E-state index >= 15 is 0 Å². The van der Waals surface area contributed by atoms with Crippen molar-refractivity contribution in [3.05, 3.63) is 64.8 Å². The molecule has 0 saturated heterocycles. The summed E-state index contributed by atoms with van der Waals surface area (Å²) in [4.78, 5) is 12.7. The van der Waals surface area contributed by atoms with Gasteiger partial charge in [-0.05, 0) is 17.7 Å². The summed E-state index contributed by atoms with van der Waals surface area (Å²) in [6.07, 6.45) is 1.73. The van der Waals surface area contributed by atoms with Gasteiger partial charge in [-0.3, -0.25) is 4.79 Å². The predicted octanol–water partition coefficient (Wildman–Crippen LogP) is 3.79. The standard InChI is InChI=1S/C21H22ClN3O4/c1-27-17-9-8-14(20(28-2)21(17)29-3)12-19(26)24-18-10-11-23-25(18)13-15-6-4-5-7-16(15)22/h4-11H,12-13H2,1-3H3,(H,24,26). The number of nitrogens with zero attached hydrogens (tertiary/aromatic N) is 2. The Labute approximate surface area is 174 Å². The maximum Gasteiger partial charge on any atom is 0.230 e.